The van der Waals surface area contributed by atoms with Crippen LogP contribution in [0, 0.1) is 5.92 Å². The van der Waals surface area contributed by atoms with E-state index >= 15 is 0 Å². The Labute approximate surface area is 207 Å². The molecule has 1 amide bonds. The first-order valence-electron chi connectivity index (χ1n) is 12.3. The van der Waals surface area contributed by atoms with Gasteiger partial charge in [-0.3, -0.25) is 9.59 Å². The highest BCUT2D eigenvalue weighted by atomic mass is 32.2. The number of methoxy groups -OCH3 is 1. The van der Waals surface area contributed by atoms with Gasteiger partial charge in [-0.25, -0.2) is 0 Å². The van der Waals surface area contributed by atoms with E-state index in [2.05, 4.69) is 34.7 Å². The number of aromatic nitrogens is 1. The molecule has 2 aliphatic rings. The van der Waals surface area contributed by atoms with Crippen LogP contribution in [-0.4, -0.2) is 54.5 Å². The average Bonchev–Trinajstić information content (AvgIpc) is 3.69. The van der Waals surface area contributed by atoms with Crippen molar-refractivity contribution in [2.75, 3.05) is 33.1 Å². The highest BCUT2D eigenvalue weighted by molar-refractivity contribution is 7.98. The summed E-state index contributed by atoms with van der Waals surface area (Å²) in [7, 11) is 3.50. The topological polar surface area (TPSA) is 63.6 Å². The number of amides is 1. The number of nitrogens with zero attached hydrogens (tertiary/aromatic N) is 2. The van der Waals surface area contributed by atoms with E-state index in [0.29, 0.717) is 19.1 Å². The number of nitrogens with one attached hydrogen (secondary N) is 1. The van der Waals surface area contributed by atoms with Gasteiger partial charge in [0, 0.05) is 57.1 Å². The number of pyridine rings is 1. The fraction of sp³-hybridized carbons (Fsp3) is 0.556. The largest absolute Gasteiger partial charge is 0.385 e. The third kappa shape index (κ3) is 5.93. The summed E-state index contributed by atoms with van der Waals surface area (Å²) in [5.41, 5.74) is 3.50. The van der Waals surface area contributed by atoms with Crippen molar-refractivity contribution in [3.05, 3.63) is 63.6 Å². The molecule has 1 aromatic carbocycles. The Morgan fingerprint density at radius 1 is 1.24 bits per heavy atom. The molecule has 0 spiro atoms. The monoisotopic (exact) mass is 483 g/mol. The van der Waals surface area contributed by atoms with Gasteiger partial charge in [-0.15, -0.1) is 11.8 Å². The molecule has 6 nitrogen and oxygen atoms in total. The maximum absolute atomic E-state index is 14.0. The van der Waals surface area contributed by atoms with Crippen LogP contribution in [0.4, 0.5) is 0 Å². The first-order chi connectivity index (χ1) is 16.5. The van der Waals surface area contributed by atoms with Crippen LogP contribution in [0.5, 0.6) is 0 Å². The first-order valence-corrected chi connectivity index (χ1v) is 13.6. The van der Waals surface area contributed by atoms with Crippen LogP contribution in [0.1, 0.15) is 48.3 Å². The van der Waals surface area contributed by atoms with Gasteiger partial charge in [0.15, 0.2) is 0 Å². The van der Waals surface area contributed by atoms with Crippen LogP contribution in [0.25, 0.3) is 0 Å². The lowest BCUT2D eigenvalue weighted by atomic mass is 9.80. The molecule has 2 heterocycles. The van der Waals surface area contributed by atoms with Crippen LogP contribution in [0.15, 0.2) is 46.2 Å². The molecule has 1 saturated heterocycles. The Balaban J connectivity index is 1.57. The average molecular weight is 484 g/mol. The number of thioether (sulfide) groups is 1. The smallest absolute Gasteiger partial charge is 0.250 e. The zero-order valence-electron chi connectivity index (χ0n) is 20.6. The van der Waals surface area contributed by atoms with E-state index in [1.165, 1.54) is 16.0 Å². The summed E-state index contributed by atoms with van der Waals surface area (Å²) < 4.78 is 6.80. The number of aryl methyl sites for hydroxylation is 2. The van der Waals surface area contributed by atoms with Gasteiger partial charge in [-0.1, -0.05) is 12.1 Å². The van der Waals surface area contributed by atoms with Crippen molar-refractivity contribution in [3.8, 4) is 0 Å². The summed E-state index contributed by atoms with van der Waals surface area (Å²) in [4.78, 5) is 29.6. The highest BCUT2D eigenvalue weighted by Gasteiger charge is 2.40. The minimum Gasteiger partial charge on any atom is -0.385 e. The van der Waals surface area contributed by atoms with Crippen LogP contribution in [0.2, 0.25) is 0 Å². The number of hydrogen-bond donors (Lipinski definition) is 1. The van der Waals surface area contributed by atoms with E-state index in [0.717, 1.165) is 50.8 Å². The Morgan fingerprint density at radius 2 is 2.06 bits per heavy atom. The zero-order chi connectivity index (χ0) is 24.1. The maximum Gasteiger partial charge on any atom is 0.250 e. The summed E-state index contributed by atoms with van der Waals surface area (Å²) in [5, 5.41) is 3.43. The van der Waals surface area contributed by atoms with E-state index in [1.54, 1.807) is 36.6 Å². The van der Waals surface area contributed by atoms with Gasteiger partial charge >= 0.3 is 0 Å². The van der Waals surface area contributed by atoms with Gasteiger partial charge in [-0.2, -0.15) is 0 Å². The number of hydrogen-bond acceptors (Lipinski definition) is 5. The molecule has 1 aliphatic carbocycles. The minimum atomic E-state index is -0.149. The molecule has 0 unspecified atom stereocenters. The number of rotatable bonds is 10. The number of piperidine rings is 1. The molecule has 184 valence electrons. The second-order valence-electron chi connectivity index (χ2n) is 9.55. The zero-order valence-corrected chi connectivity index (χ0v) is 21.4. The van der Waals surface area contributed by atoms with Gasteiger partial charge in [0.1, 0.15) is 0 Å². The van der Waals surface area contributed by atoms with Crippen molar-refractivity contribution >= 4 is 17.7 Å². The van der Waals surface area contributed by atoms with Crippen LogP contribution < -0.4 is 10.9 Å². The molecule has 1 aliphatic heterocycles. The number of ether oxygens (including phenoxy) is 1. The van der Waals surface area contributed by atoms with Crippen molar-refractivity contribution in [1.82, 2.24) is 14.8 Å². The molecule has 2 fully saturated rings. The predicted molar refractivity (Wildman–Crippen MR) is 137 cm³/mol. The van der Waals surface area contributed by atoms with Gasteiger partial charge in [0.25, 0.3) is 5.56 Å². The van der Waals surface area contributed by atoms with E-state index < -0.39 is 0 Å². The van der Waals surface area contributed by atoms with Gasteiger partial charge < -0.3 is 19.5 Å². The Kier molecular flexibility index (Phi) is 8.51. The molecule has 0 bridgehead atoms. The third-order valence-corrected chi connectivity index (χ3v) is 7.96. The van der Waals surface area contributed by atoms with Crippen molar-refractivity contribution in [2.24, 2.45) is 13.0 Å². The lowest BCUT2D eigenvalue weighted by molar-refractivity contribution is -0.138. The van der Waals surface area contributed by atoms with Crippen LogP contribution in [-0.2, 0) is 29.5 Å². The first kappa shape index (κ1) is 25.0. The normalized spacial score (nSPS) is 20.3. The standard InChI is InChI=1S/C27H37N3O3S/c1-29-13-11-20(16-26(29)31)23-10-12-28-17-24(23)27(32)30(22-7-8-22)18-21-15-19(5-4-14-33-2)6-9-25(21)34-3/h6,9,11,13,15-16,22-24,28H,4-5,7-8,10,12,14,17-18H2,1-3H3/t23-,24+/m1/s1. The molecule has 1 saturated carbocycles. The quantitative estimate of drug-likeness (QED) is 0.414. The van der Waals surface area contributed by atoms with E-state index in [4.69, 9.17) is 4.74 Å². The summed E-state index contributed by atoms with van der Waals surface area (Å²) in [6.07, 6.45) is 8.90. The predicted octanol–water partition coefficient (Wildman–Crippen LogP) is 3.57. The SMILES string of the molecule is COCCCc1ccc(SC)c(CN(C(=O)[C@H]2CNCC[C@@H]2c2ccn(C)c(=O)c2)C2CC2)c1. The second-order valence-corrected chi connectivity index (χ2v) is 10.4. The summed E-state index contributed by atoms with van der Waals surface area (Å²) in [6, 6.07) is 10.7. The molecular formula is C27H37N3O3S. The molecule has 34 heavy (non-hydrogen) atoms. The van der Waals surface area contributed by atoms with Crippen molar-refractivity contribution in [3.63, 3.8) is 0 Å². The molecule has 7 heteroatoms. The van der Waals surface area contributed by atoms with E-state index in [-0.39, 0.29) is 23.3 Å². The van der Waals surface area contributed by atoms with Crippen LogP contribution >= 0.6 is 11.8 Å². The van der Waals surface area contributed by atoms with Gasteiger partial charge in [0.05, 0.1) is 5.92 Å². The Bertz CT molecular complexity index is 1050. The molecule has 2 atom stereocenters. The lowest BCUT2D eigenvalue weighted by Gasteiger charge is -2.36. The highest BCUT2D eigenvalue weighted by Crippen LogP contribution is 2.36. The fourth-order valence-corrected chi connectivity index (χ4v) is 5.60. The van der Waals surface area contributed by atoms with Crippen molar-refractivity contribution in [2.45, 2.75) is 55.5 Å². The van der Waals surface area contributed by atoms with E-state index in [1.807, 2.05) is 12.3 Å². The molecule has 1 N–H and O–H groups in total. The second kappa shape index (κ2) is 11.6. The van der Waals surface area contributed by atoms with Crippen molar-refractivity contribution < 1.29 is 9.53 Å². The number of benzene rings is 1. The van der Waals surface area contributed by atoms with Gasteiger partial charge in [-0.05, 0) is 79.6 Å². The maximum atomic E-state index is 14.0. The van der Waals surface area contributed by atoms with Crippen LogP contribution in [0.3, 0.4) is 0 Å². The van der Waals surface area contributed by atoms with E-state index in [9.17, 15) is 9.59 Å². The minimum absolute atomic E-state index is 0.0174. The Hall–Kier alpha value is -2.09. The molecule has 2 aromatic rings. The lowest BCUT2D eigenvalue weighted by Crippen LogP contribution is -2.47. The summed E-state index contributed by atoms with van der Waals surface area (Å²) in [5.74, 6) is 0.144. The third-order valence-electron chi connectivity index (χ3n) is 7.13. The molecule has 0 radical (unpaired) electrons. The summed E-state index contributed by atoms with van der Waals surface area (Å²) >= 11 is 1.74. The number of carbonyl (C=O) groups is 1. The Morgan fingerprint density at radius 3 is 2.76 bits per heavy atom. The molecular weight excluding hydrogens is 446 g/mol. The van der Waals surface area contributed by atoms with Gasteiger partial charge in [0.2, 0.25) is 5.91 Å². The summed E-state index contributed by atoms with van der Waals surface area (Å²) in [6.45, 7) is 2.93. The van der Waals surface area contributed by atoms with Crippen molar-refractivity contribution in [1.29, 1.82) is 0 Å². The molecule has 4 rings (SSSR count). The fourth-order valence-electron chi connectivity index (χ4n) is 5.01. The number of carbonyl (C=O) groups excluding carboxylic acids is 1. The molecule has 1 aromatic heterocycles.